The highest BCUT2D eigenvalue weighted by Gasteiger charge is 2.06. The van der Waals surface area contributed by atoms with Crippen molar-refractivity contribution >= 4 is 17.7 Å². The van der Waals surface area contributed by atoms with E-state index < -0.39 is 6.03 Å². The average Bonchev–Trinajstić information content (AvgIpc) is 2.41. The fourth-order valence-corrected chi connectivity index (χ4v) is 1.48. The van der Waals surface area contributed by atoms with E-state index in [4.69, 9.17) is 4.74 Å². The van der Waals surface area contributed by atoms with Crippen molar-refractivity contribution in [2.24, 2.45) is 0 Å². The number of nitrogens with zero attached hydrogens (tertiary/aromatic N) is 2. The van der Waals surface area contributed by atoms with Crippen LogP contribution in [0.15, 0.2) is 36.7 Å². The number of urea groups is 1. The average molecular weight is 258 g/mol. The molecule has 0 atom stereocenters. The van der Waals surface area contributed by atoms with E-state index in [1.165, 1.54) is 0 Å². The lowest BCUT2D eigenvalue weighted by Gasteiger charge is -2.08. The molecule has 0 saturated carbocycles. The third kappa shape index (κ3) is 3.41. The maximum absolute atomic E-state index is 11.8. The lowest BCUT2D eigenvalue weighted by atomic mass is 10.3. The Balaban J connectivity index is 2.03. The van der Waals surface area contributed by atoms with Crippen LogP contribution in [0.2, 0.25) is 0 Å². The third-order valence-electron chi connectivity index (χ3n) is 2.45. The topological polar surface area (TPSA) is 76.1 Å². The van der Waals surface area contributed by atoms with Crippen LogP contribution in [0.5, 0.6) is 5.75 Å². The summed E-state index contributed by atoms with van der Waals surface area (Å²) in [6.45, 7) is 1.87. The molecule has 2 aromatic rings. The number of hydrogen-bond donors (Lipinski definition) is 2. The minimum atomic E-state index is -0.400. The van der Waals surface area contributed by atoms with Gasteiger partial charge in [0.15, 0.2) is 0 Å². The monoisotopic (exact) mass is 258 g/mol. The van der Waals surface area contributed by atoms with Gasteiger partial charge in [-0.05, 0) is 24.6 Å². The Hall–Kier alpha value is -2.63. The Labute approximate surface area is 110 Å². The number of rotatable bonds is 3. The summed E-state index contributed by atoms with van der Waals surface area (Å²) in [4.78, 5) is 19.9. The number of anilines is 2. The van der Waals surface area contributed by atoms with E-state index in [1.54, 1.807) is 31.6 Å². The van der Waals surface area contributed by atoms with Crippen molar-refractivity contribution in [1.29, 1.82) is 0 Å². The molecular formula is C13H14N4O2. The van der Waals surface area contributed by atoms with Gasteiger partial charge in [0.2, 0.25) is 0 Å². The van der Waals surface area contributed by atoms with Crippen molar-refractivity contribution in [1.82, 2.24) is 9.97 Å². The van der Waals surface area contributed by atoms with Gasteiger partial charge in [-0.15, -0.1) is 0 Å². The first-order chi connectivity index (χ1) is 9.19. The third-order valence-corrected chi connectivity index (χ3v) is 2.45. The Bertz CT molecular complexity index is 586. The second-order valence-corrected chi connectivity index (χ2v) is 3.83. The largest absolute Gasteiger partial charge is 0.497 e. The zero-order valence-corrected chi connectivity index (χ0v) is 10.7. The molecular weight excluding hydrogens is 244 g/mol. The quantitative estimate of drug-likeness (QED) is 0.886. The first kappa shape index (κ1) is 12.8. The highest BCUT2D eigenvalue weighted by molar-refractivity contribution is 5.98. The van der Waals surface area contributed by atoms with Crippen LogP contribution in [0, 0.1) is 6.92 Å². The molecule has 2 heterocycles. The van der Waals surface area contributed by atoms with Gasteiger partial charge in [0, 0.05) is 18.5 Å². The molecule has 0 aliphatic rings. The molecule has 0 spiro atoms. The van der Waals surface area contributed by atoms with Gasteiger partial charge in [0.05, 0.1) is 7.11 Å². The number of carbonyl (C=O) groups excluding carboxylic acids is 1. The Morgan fingerprint density at radius 1 is 1.21 bits per heavy atom. The van der Waals surface area contributed by atoms with Crippen LogP contribution >= 0.6 is 0 Å². The van der Waals surface area contributed by atoms with Gasteiger partial charge >= 0.3 is 6.03 Å². The molecule has 2 N–H and O–H groups in total. The molecule has 0 aliphatic carbocycles. The summed E-state index contributed by atoms with van der Waals surface area (Å²) in [5.41, 5.74) is 0.885. The lowest BCUT2D eigenvalue weighted by molar-refractivity contribution is 0.262. The smallest absolute Gasteiger partial charge is 0.326 e. The van der Waals surface area contributed by atoms with Crippen LogP contribution in [0.4, 0.5) is 16.4 Å². The fraction of sp³-hybridized carbons (Fsp3) is 0.154. The minimum Gasteiger partial charge on any atom is -0.497 e. The predicted molar refractivity (Wildman–Crippen MR) is 72.4 cm³/mol. The summed E-state index contributed by atoms with van der Waals surface area (Å²) in [7, 11) is 1.55. The van der Waals surface area contributed by atoms with E-state index in [1.807, 2.05) is 19.1 Å². The van der Waals surface area contributed by atoms with Gasteiger partial charge in [-0.3, -0.25) is 10.6 Å². The second kappa shape index (κ2) is 5.81. The standard InChI is InChI=1S/C13H14N4O2/c1-9-4-3-6-15-12(9)17-13(18)16-11-8-10(19-2)5-7-14-11/h3-8H,1-2H3,(H2,14,15,16,17,18). The number of carbonyl (C=O) groups is 1. The Kier molecular flexibility index (Phi) is 3.92. The molecule has 2 rings (SSSR count). The molecule has 2 aromatic heterocycles. The summed E-state index contributed by atoms with van der Waals surface area (Å²) in [5.74, 6) is 1.55. The molecule has 0 radical (unpaired) electrons. The zero-order chi connectivity index (χ0) is 13.7. The first-order valence-electron chi connectivity index (χ1n) is 5.68. The minimum absolute atomic E-state index is 0.400. The van der Waals surface area contributed by atoms with Crippen molar-refractivity contribution in [3.8, 4) is 5.75 Å². The molecule has 0 saturated heterocycles. The number of aromatic nitrogens is 2. The van der Waals surface area contributed by atoms with Crippen LogP contribution < -0.4 is 15.4 Å². The van der Waals surface area contributed by atoms with E-state index >= 15 is 0 Å². The number of methoxy groups -OCH3 is 1. The summed E-state index contributed by atoms with van der Waals surface area (Å²) >= 11 is 0. The Morgan fingerprint density at radius 3 is 2.79 bits per heavy atom. The molecule has 0 fully saturated rings. The number of amides is 2. The summed E-state index contributed by atoms with van der Waals surface area (Å²) in [6.07, 6.45) is 3.17. The molecule has 0 aliphatic heterocycles. The van der Waals surface area contributed by atoms with Crippen molar-refractivity contribution in [3.05, 3.63) is 42.2 Å². The lowest BCUT2D eigenvalue weighted by Crippen LogP contribution is -2.21. The molecule has 0 bridgehead atoms. The van der Waals surface area contributed by atoms with Crippen molar-refractivity contribution in [2.45, 2.75) is 6.92 Å². The Morgan fingerprint density at radius 2 is 2.05 bits per heavy atom. The molecule has 98 valence electrons. The molecule has 2 amide bonds. The highest BCUT2D eigenvalue weighted by Crippen LogP contribution is 2.14. The zero-order valence-electron chi connectivity index (χ0n) is 10.7. The van der Waals surface area contributed by atoms with Crippen LogP contribution in [0.25, 0.3) is 0 Å². The number of ether oxygens (including phenoxy) is 1. The van der Waals surface area contributed by atoms with Gasteiger partial charge in [-0.25, -0.2) is 14.8 Å². The number of aryl methyl sites for hydroxylation is 1. The van der Waals surface area contributed by atoms with Crippen molar-refractivity contribution in [3.63, 3.8) is 0 Å². The molecule has 0 aromatic carbocycles. The van der Waals surface area contributed by atoms with Crippen LogP contribution in [0.3, 0.4) is 0 Å². The van der Waals surface area contributed by atoms with E-state index in [2.05, 4.69) is 20.6 Å². The SMILES string of the molecule is COc1ccnc(NC(=O)Nc2ncccc2C)c1. The molecule has 0 unspecified atom stereocenters. The van der Waals surface area contributed by atoms with Gasteiger partial charge in [-0.2, -0.15) is 0 Å². The van der Waals surface area contributed by atoms with Crippen molar-refractivity contribution in [2.75, 3.05) is 17.7 Å². The maximum Gasteiger partial charge on any atom is 0.326 e. The summed E-state index contributed by atoms with van der Waals surface area (Å²) in [5, 5.41) is 5.27. The van der Waals surface area contributed by atoms with Crippen molar-refractivity contribution < 1.29 is 9.53 Å². The summed E-state index contributed by atoms with van der Waals surface area (Å²) < 4.78 is 5.05. The number of pyridine rings is 2. The van der Waals surface area contributed by atoms with Crippen LogP contribution in [-0.2, 0) is 0 Å². The summed E-state index contributed by atoms with van der Waals surface area (Å²) in [6, 6.07) is 6.60. The number of hydrogen-bond acceptors (Lipinski definition) is 4. The number of nitrogens with one attached hydrogen (secondary N) is 2. The molecule has 6 heteroatoms. The molecule has 6 nitrogen and oxygen atoms in total. The highest BCUT2D eigenvalue weighted by atomic mass is 16.5. The van der Waals surface area contributed by atoms with E-state index in [0.29, 0.717) is 17.4 Å². The van der Waals surface area contributed by atoms with E-state index in [-0.39, 0.29) is 0 Å². The maximum atomic E-state index is 11.8. The van der Waals surface area contributed by atoms with Gasteiger partial charge in [0.25, 0.3) is 0 Å². The fourth-order valence-electron chi connectivity index (χ4n) is 1.48. The van der Waals surface area contributed by atoms with Crippen LogP contribution in [-0.4, -0.2) is 23.1 Å². The van der Waals surface area contributed by atoms with Crippen LogP contribution in [0.1, 0.15) is 5.56 Å². The van der Waals surface area contributed by atoms with Gasteiger partial charge < -0.3 is 4.74 Å². The second-order valence-electron chi connectivity index (χ2n) is 3.83. The molecule has 19 heavy (non-hydrogen) atoms. The first-order valence-corrected chi connectivity index (χ1v) is 5.68. The van der Waals surface area contributed by atoms with E-state index in [9.17, 15) is 4.79 Å². The van der Waals surface area contributed by atoms with Gasteiger partial charge in [-0.1, -0.05) is 6.07 Å². The van der Waals surface area contributed by atoms with E-state index in [0.717, 1.165) is 5.56 Å². The van der Waals surface area contributed by atoms with Gasteiger partial charge in [0.1, 0.15) is 17.4 Å². The normalized spacial score (nSPS) is 9.79. The predicted octanol–water partition coefficient (Wildman–Crippen LogP) is 2.44.